The van der Waals surface area contributed by atoms with E-state index in [2.05, 4.69) is 31.1 Å². The molecular formula is C12H20N2O2S. The van der Waals surface area contributed by atoms with Gasteiger partial charge in [-0.05, 0) is 26.7 Å². The van der Waals surface area contributed by atoms with Crippen molar-refractivity contribution < 1.29 is 9.90 Å². The fourth-order valence-corrected chi connectivity index (χ4v) is 2.07. The number of rotatable bonds is 5. The number of nitrogens with zero attached hydrogens (tertiary/aromatic N) is 1. The van der Waals surface area contributed by atoms with Gasteiger partial charge in [-0.25, -0.2) is 4.98 Å². The smallest absolute Gasteiger partial charge is 0.315 e. The largest absolute Gasteiger partial charge is 0.481 e. The second-order valence-electron chi connectivity index (χ2n) is 5.15. The van der Waals surface area contributed by atoms with Gasteiger partial charge in [0.1, 0.15) is 5.41 Å². The molecule has 2 N–H and O–H groups in total. The van der Waals surface area contributed by atoms with Crippen LogP contribution < -0.4 is 5.32 Å². The van der Waals surface area contributed by atoms with Crippen molar-refractivity contribution in [3.8, 4) is 0 Å². The summed E-state index contributed by atoms with van der Waals surface area (Å²) < 4.78 is 0. The average Bonchev–Trinajstić information content (AvgIpc) is 2.66. The van der Waals surface area contributed by atoms with Crippen molar-refractivity contribution in [1.82, 2.24) is 4.98 Å². The Morgan fingerprint density at radius 2 is 2.06 bits per heavy atom. The molecule has 1 atom stereocenters. The number of aliphatic carboxylic acids is 1. The van der Waals surface area contributed by atoms with Crippen LogP contribution in [0.2, 0.25) is 0 Å². The molecule has 0 aliphatic carbocycles. The number of thiazole rings is 1. The van der Waals surface area contributed by atoms with Gasteiger partial charge in [-0.2, -0.15) is 0 Å². The zero-order chi connectivity index (χ0) is 13.2. The Hall–Kier alpha value is -1.10. The molecule has 0 spiro atoms. The molecule has 0 aliphatic rings. The average molecular weight is 256 g/mol. The van der Waals surface area contributed by atoms with Crippen LogP contribution in [0.4, 0.5) is 5.13 Å². The first-order valence-corrected chi connectivity index (χ1v) is 6.59. The van der Waals surface area contributed by atoms with Crippen molar-refractivity contribution >= 4 is 22.4 Å². The van der Waals surface area contributed by atoms with Crippen molar-refractivity contribution in [2.45, 2.75) is 46.1 Å². The fraction of sp³-hybridized carbons (Fsp3) is 0.667. The van der Waals surface area contributed by atoms with Gasteiger partial charge >= 0.3 is 5.97 Å². The molecular weight excluding hydrogens is 236 g/mol. The van der Waals surface area contributed by atoms with Crippen LogP contribution in [0.25, 0.3) is 0 Å². The topological polar surface area (TPSA) is 62.2 Å². The van der Waals surface area contributed by atoms with Gasteiger partial charge in [-0.15, -0.1) is 11.3 Å². The van der Waals surface area contributed by atoms with E-state index in [1.165, 1.54) is 11.3 Å². The van der Waals surface area contributed by atoms with Gasteiger partial charge in [-0.3, -0.25) is 4.79 Å². The molecule has 0 radical (unpaired) electrons. The van der Waals surface area contributed by atoms with Crippen molar-refractivity contribution in [2.24, 2.45) is 5.92 Å². The van der Waals surface area contributed by atoms with Gasteiger partial charge < -0.3 is 10.4 Å². The van der Waals surface area contributed by atoms with E-state index in [0.29, 0.717) is 17.7 Å². The Balaban J connectivity index is 2.82. The summed E-state index contributed by atoms with van der Waals surface area (Å²) in [5, 5.41) is 15.0. The molecule has 1 rings (SSSR count). The fourth-order valence-electron chi connectivity index (χ4n) is 1.10. The Kier molecular flexibility index (Phi) is 4.14. The number of aromatic nitrogens is 1. The lowest BCUT2D eigenvalue weighted by Crippen LogP contribution is -2.29. The van der Waals surface area contributed by atoms with Gasteiger partial charge in [0, 0.05) is 11.4 Å². The van der Waals surface area contributed by atoms with E-state index < -0.39 is 11.4 Å². The predicted octanol–water partition coefficient (Wildman–Crippen LogP) is 2.96. The minimum atomic E-state index is -0.933. The Labute approximate surface area is 106 Å². The molecule has 5 heteroatoms. The molecule has 4 nitrogen and oxygen atoms in total. The number of nitrogens with one attached hydrogen (secondary N) is 1. The number of anilines is 1. The van der Waals surface area contributed by atoms with Crippen LogP contribution in [-0.2, 0) is 10.2 Å². The van der Waals surface area contributed by atoms with Gasteiger partial charge in [0.2, 0.25) is 0 Å². The highest BCUT2D eigenvalue weighted by atomic mass is 32.1. The minimum absolute atomic E-state index is 0.321. The molecule has 0 saturated heterocycles. The second-order valence-corrected chi connectivity index (χ2v) is 6.00. The van der Waals surface area contributed by atoms with Gasteiger partial charge in [0.15, 0.2) is 5.13 Å². The van der Waals surface area contributed by atoms with Crippen LogP contribution in [0.15, 0.2) is 5.38 Å². The zero-order valence-corrected chi connectivity index (χ0v) is 11.8. The van der Waals surface area contributed by atoms with E-state index in [-0.39, 0.29) is 0 Å². The first kappa shape index (κ1) is 14.0. The minimum Gasteiger partial charge on any atom is -0.481 e. The van der Waals surface area contributed by atoms with E-state index in [1.54, 1.807) is 13.8 Å². The molecule has 1 aromatic rings. The highest BCUT2D eigenvalue weighted by Crippen LogP contribution is 2.28. The standard InChI is InChI=1S/C12H20N2O2S/c1-7(2)8(3)13-11-14-9(6-17-11)12(4,5)10(15)16/h6-8H,1-5H3,(H,13,14)(H,15,16). The Bertz CT molecular complexity index is 399. The number of carbonyl (C=O) groups is 1. The van der Waals surface area contributed by atoms with Crippen LogP contribution in [0.3, 0.4) is 0 Å². The quantitative estimate of drug-likeness (QED) is 0.850. The van der Waals surface area contributed by atoms with Crippen molar-refractivity contribution in [2.75, 3.05) is 5.32 Å². The molecule has 0 aromatic carbocycles. The maximum atomic E-state index is 11.1. The molecule has 0 fully saturated rings. The maximum absolute atomic E-state index is 11.1. The number of hydrogen-bond acceptors (Lipinski definition) is 4. The van der Waals surface area contributed by atoms with E-state index in [0.717, 1.165) is 5.13 Å². The summed E-state index contributed by atoms with van der Waals surface area (Å²) in [5.74, 6) is -0.346. The van der Waals surface area contributed by atoms with E-state index in [1.807, 2.05) is 5.38 Å². The molecule has 0 saturated carbocycles. The summed E-state index contributed by atoms with van der Waals surface area (Å²) in [4.78, 5) is 15.5. The van der Waals surface area contributed by atoms with Crippen molar-refractivity contribution in [3.05, 3.63) is 11.1 Å². The number of carboxylic acid groups (broad SMARTS) is 1. The zero-order valence-electron chi connectivity index (χ0n) is 10.9. The van der Waals surface area contributed by atoms with Crippen LogP contribution in [0.1, 0.15) is 40.3 Å². The number of hydrogen-bond donors (Lipinski definition) is 2. The summed E-state index contributed by atoms with van der Waals surface area (Å²) in [6.45, 7) is 9.69. The molecule has 0 aliphatic heterocycles. The van der Waals surface area contributed by atoms with Gasteiger partial charge in [0.05, 0.1) is 5.69 Å². The Morgan fingerprint density at radius 3 is 2.53 bits per heavy atom. The first-order valence-electron chi connectivity index (χ1n) is 5.71. The summed E-state index contributed by atoms with van der Waals surface area (Å²) in [6.07, 6.45) is 0. The van der Waals surface area contributed by atoms with Crippen LogP contribution in [0.5, 0.6) is 0 Å². The van der Waals surface area contributed by atoms with Crippen molar-refractivity contribution in [3.63, 3.8) is 0 Å². The SMILES string of the molecule is CC(C)C(C)Nc1nc(C(C)(C)C(=O)O)cs1. The number of carboxylic acids is 1. The normalized spacial score (nSPS) is 13.8. The Morgan fingerprint density at radius 1 is 1.47 bits per heavy atom. The first-order chi connectivity index (χ1) is 7.75. The van der Waals surface area contributed by atoms with E-state index in [4.69, 9.17) is 5.11 Å². The molecule has 1 heterocycles. The summed E-state index contributed by atoms with van der Waals surface area (Å²) >= 11 is 1.45. The third kappa shape index (κ3) is 3.19. The lowest BCUT2D eigenvalue weighted by atomic mass is 9.90. The predicted molar refractivity (Wildman–Crippen MR) is 70.7 cm³/mol. The summed E-state index contributed by atoms with van der Waals surface area (Å²) in [5.41, 5.74) is -0.328. The highest BCUT2D eigenvalue weighted by molar-refractivity contribution is 7.13. The van der Waals surface area contributed by atoms with Crippen LogP contribution >= 0.6 is 11.3 Å². The van der Waals surface area contributed by atoms with Gasteiger partial charge in [0.25, 0.3) is 0 Å². The second kappa shape index (κ2) is 5.04. The van der Waals surface area contributed by atoms with Gasteiger partial charge in [-0.1, -0.05) is 13.8 Å². The third-order valence-electron chi connectivity index (χ3n) is 3.03. The summed E-state index contributed by atoms with van der Waals surface area (Å²) in [7, 11) is 0. The third-order valence-corrected chi connectivity index (χ3v) is 3.80. The monoisotopic (exact) mass is 256 g/mol. The van der Waals surface area contributed by atoms with E-state index in [9.17, 15) is 4.79 Å². The van der Waals surface area contributed by atoms with E-state index >= 15 is 0 Å². The summed E-state index contributed by atoms with van der Waals surface area (Å²) in [6, 6.07) is 0.321. The maximum Gasteiger partial charge on any atom is 0.315 e. The van der Waals surface area contributed by atoms with Crippen molar-refractivity contribution in [1.29, 1.82) is 0 Å². The lowest BCUT2D eigenvalue weighted by Gasteiger charge is -2.17. The highest BCUT2D eigenvalue weighted by Gasteiger charge is 2.32. The molecule has 1 unspecified atom stereocenters. The molecule has 1 aromatic heterocycles. The lowest BCUT2D eigenvalue weighted by molar-refractivity contribution is -0.142. The molecule has 0 bridgehead atoms. The van der Waals surface area contributed by atoms with Crippen LogP contribution in [0, 0.1) is 5.92 Å². The van der Waals surface area contributed by atoms with Crippen LogP contribution in [-0.4, -0.2) is 22.1 Å². The molecule has 0 amide bonds. The molecule has 17 heavy (non-hydrogen) atoms. The molecule has 96 valence electrons.